The molecule has 0 saturated carbocycles. The topological polar surface area (TPSA) is 84.2 Å². The summed E-state index contributed by atoms with van der Waals surface area (Å²) in [5.74, 6) is 1.50. The van der Waals surface area contributed by atoms with Crippen molar-refractivity contribution in [2.75, 3.05) is 31.1 Å². The average molecular weight is 413 g/mol. The molecular weight excluding hydrogens is 388 g/mol. The Morgan fingerprint density at radius 2 is 1.72 bits per heavy atom. The van der Waals surface area contributed by atoms with Gasteiger partial charge in [-0.05, 0) is 25.5 Å². The summed E-state index contributed by atoms with van der Waals surface area (Å²) in [7, 11) is -3.35. The van der Waals surface area contributed by atoms with Crippen molar-refractivity contribution in [3.05, 3.63) is 65.7 Å². The van der Waals surface area contributed by atoms with E-state index < -0.39 is 10.0 Å². The van der Waals surface area contributed by atoms with Crippen LogP contribution in [0.25, 0.3) is 5.82 Å². The quantitative estimate of drug-likeness (QED) is 0.637. The van der Waals surface area contributed by atoms with Gasteiger partial charge in [-0.3, -0.25) is 0 Å². The molecule has 0 spiro atoms. The van der Waals surface area contributed by atoms with Gasteiger partial charge in [0.15, 0.2) is 5.82 Å². The van der Waals surface area contributed by atoms with E-state index in [2.05, 4.69) is 20.0 Å². The molecule has 29 heavy (non-hydrogen) atoms. The summed E-state index contributed by atoms with van der Waals surface area (Å²) in [6.07, 6.45) is 3.37. The maximum absolute atomic E-state index is 12.8. The molecule has 9 heteroatoms. The van der Waals surface area contributed by atoms with Crippen LogP contribution >= 0.6 is 0 Å². The van der Waals surface area contributed by atoms with Crippen LogP contribution in [0.5, 0.6) is 0 Å². The van der Waals surface area contributed by atoms with Gasteiger partial charge in [0.2, 0.25) is 10.0 Å². The Morgan fingerprint density at radius 3 is 2.41 bits per heavy atom. The first kappa shape index (κ1) is 19.5. The van der Waals surface area contributed by atoms with Crippen molar-refractivity contribution in [2.24, 2.45) is 0 Å². The van der Waals surface area contributed by atoms with E-state index in [0.29, 0.717) is 32.0 Å². The molecule has 0 bridgehead atoms. The number of aromatic nitrogens is 4. The van der Waals surface area contributed by atoms with Crippen molar-refractivity contribution in [1.29, 1.82) is 0 Å². The molecule has 0 amide bonds. The number of piperazine rings is 1. The third kappa shape index (κ3) is 4.46. The van der Waals surface area contributed by atoms with E-state index in [9.17, 15) is 8.42 Å². The third-order valence-electron chi connectivity index (χ3n) is 4.98. The van der Waals surface area contributed by atoms with E-state index in [0.717, 1.165) is 22.6 Å². The monoisotopic (exact) mass is 412 g/mol. The van der Waals surface area contributed by atoms with E-state index in [1.54, 1.807) is 8.99 Å². The SMILES string of the molecule is Cc1cccc(CS(=O)(=O)N2CCN(c3cc(-n4ccc(C)n4)ncn3)CC2)c1. The molecule has 4 rings (SSSR count). The summed E-state index contributed by atoms with van der Waals surface area (Å²) in [5.41, 5.74) is 2.80. The molecule has 1 saturated heterocycles. The first-order valence-electron chi connectivity index (χ1n) is 9.54. The van der Waals surface area contributed by atoms with Gasteiger partial charge in [0.1, 0.15) is 12.1 Å². The predicted molar refractivity (Wildman–Crippen MR) is 111 cm³/mol. The highest BCUT2D eigenvalue weighted by Gasteiger charge is 2.27. The molecule has 0 aliphatic carbocycles. The Kier molecular flexibility index (Phi) is 5.33. The smallest absolute Gasteiger partial charge is 0.218 e. The Hall–Kier alpha value is -2.78. The van der Waals surface area contributed by atoms with Gasteiger partial charge in [0.05, 0.1) is 11.4 Å². The number of hydrogen-bond donors (Lipinski definition) is 0. The van der Waals surface area contributed by atoms with Gasteiger partial charge in [0.25, 0.3) is 0 Å². The maximum Gasteiger partial charge on any atom is 0.218 e. The van der Waals surface area contributed by atoms with Crippen LogP contribution in [-0.4, -0.2) is 58.7 Å². The Bertz CT molecular complexity index is 1100. The summed E-state index contributed by atoms with van der Waals surface area (Å²) >= 11 is 0. The van der Waals surface area contributed by atoms with E-state index in [1.165, 1.54) is 6.33 Å². The van der Waals surface area contributed by atoms with Crippen LogP contribution in [0, 0.1) is 13.8 Å². The summed E-state index contributed by atoms with van der Waals surface area (Å²) in [6.45, 7) is 5.94. The van der Waals surface area contributed by atoms with Gasteiger partial charge in [-0.25, -0.2) is 23.1 Å². The highest BCUT2D eigenvalue weighted by atomic mass is 32.2. The zero-order valence-corrected chi connectivity index (χ0v) is 17.4. The largest absolute Gasteiger partial charge is 0.354 e. The fourth-order valence-corrected chi connectivity index (χ4v) is 4.98. The van der Waals surface area contributed by atoms with Crippen LogP contribution in [0.4, 0.5) is 5.82 Å². The van der Waals surface area contributed by atoms with Gasteiger partial charge in [0, 0.05) is 38.4 Å². The minimum Gasteiger partial charge on any atom is -0.354 e. The first-order chi connectivity index (χ1) is 13.9. The van der Waals surface area contributed by atoms with Crippen molar-refractivity contribution in [1.82, 2.24) is 24.1 Å². The van der Waals surface area contributed by atoms with Crippen LogP contribution in [0.1, 0.15) is 16.8 Å². The molecule has 1 aromatic carbocycles. The number of anilines is 1. The van der Waals surface area contributed by atoms with Crippen LogP contribution in [-0.2, 0) is 15.8 Å². The number of hydrogen-bond acceptors (Lipinski definition) is 6. The van der Waals surface area contributed by atoms with Crippen molar-refractivity contribution < 1.29 is 8.42 Å². The van der Waals surface area contributed by atoms with Crippen molar-refractivity contribution in [3.8, 4) is 5.82 Å². The van der Waals surface area contributed by atoms with Gasteiger partial charge < -0.3 is 4.90 Å². The minimum atomic E-state index is -3.35. The fraction of sp³-hybridized carbons (Fsp3) is 0.350. The first-order valence-corrected chi connectivity index (χ1v) is 11.1. The molecule has 2 aromatic heterocycles. The van der Waals surface area contributed by atoms with Gasteiger partial charge in [-0.1, -0.05) is 29.8 Å². The molecule has 3 heterocycles. The molecule has 1 fully saturated rings. The average Bonchev–Trinajstić information content (AvgIpc) is 3.14. The van der Waals surface area contributed by atoms with E-state index in [-0.39, 0.29) is 5.75 Å². The van der Waals surface area contributed by atoms with E-state index in [1.807, 2.05) is 56.4 Å². The zero-order chi connectivity index (χ0) is 20.4. The summed E-state index contributed by atoms with van der Waals surface area (Å²) in [6, 6.07) is 11.4. The lowest BCUT2D eigenvalue weighted by atomic mass is 10.2. The molecule has 0 radical (unpaired) electrons. The number of aryl methyl sites for hydroxylation is 2. The second-order valence-electron chi connectivity index (χ2n) is 7.27. The minimum absolute atomic E-state index is 0.0327. The van der Waals surface area contributed by atoms with Crippen LogP contribution in [0.15, 0.2) is 48.9 Å². The van der Waals surface area contributed by atoms with E-state index >= 15 is 0 Å². The van der Waals surface area contributed by atoms with Crippen LogP contribution < -0.4 is 4.90 Å². The van der Waals surface area contributed by atoms with Gasteiger partial charge >= 0.3 is 0 Å². The lowest BCUT2D eigenvalue weighted by Gasteiger charge is -2.34. The molecule has 152 valence electrons. The van der Waals surface area contributed by atoms with Crippen LogP contribution in [0.3, 0.4) is 0 Å². The fourth-order valence-electron chi connectivity index (χ4n) is 3.48. The Labute approximate surface area is 170 Å². The molecule has 0 atom stereocenters. The van der Waals surface area contributed by atoms with Gasteiger partial charge in [-0.15, -0.1) is 0 Å². The highest BCUT2D eigenvalue weighted by Crippen LogP contribution is 2.19. The number of benzene rings is 1. The second-order valence-corrected chi connectivity index (χ2v) is 9.24. The summed E-state index contributed by atoms with van der Waals surface area (Å²) < 4.78 is 28.9. The molecule has 8 nitrogen and oxygen atoms in total. The number of sulfonamides is 1. The summed E-state index contributed by atoms with van der Waals surface area (Å²) in [5, 5.41) is 4.38. The predicted octanol–water partition coefficient (Wildman–Crippen LogP) is 1.93. The highest BCUT2D eigenvalue weighted by molar-refractivity contribution is 7.88. The lowest BCUT2D eigenvalue weighted by Crippen LogP contribution is -2.49. The Balaban J connectivity index is 1.43. The third-order valence-corrected chi connectivity index (χ3v) is 6.83. The molecular formula is C20H24N6O2S. The summed E-state index contributed by atoms with van der Waals surface area (Å²) in [4.78, 5) is 10.7. The standard InChI is InChI=1S/C20H24N6O2S/c1-16-4-3-5-18(12-16)14-29(27,28)25-10-8-24(9-11-25)19-13-20(22-15-21-19)26-7-6-17(2)23-26/h3-7,12-13,15H,8-11,14H2,1-2H3. The van der Waals surface area contributed by atoms with Crippen molar-refractivity contribution in [3.63, 3.8) is 0 Å². The molecule has 3 aromatic rings. The molecule has 1 aliphatic heterocycles. The Morgan fingerprint density at radius 1 is 0.966 bits per heavy atom. The second kappa shape index (κ2) is 7.92. The van der Waals surface area contributed by atoms with Gasteiger partial charge in [-0.2, -0.15) is 9.40 Å². The molecule has 1 aliphatic rings. The normalized spacial score (nSPS) is 15.6. The van der Waals surface area contributed by atoms with Crippen molar-refractivity contribution in [2.45, 2.75) is 19.6 Å². The lowest BCUT2D eigenvalue weighted by molar-refractivity contribution is 0.383. The van der Waals surface area contributed by atoms with E-state index in [4.69, 9.17) is 0 Å². The molecule has 0 N–H and O–H groups in total. The maximum atomic E-state index is 12.8. The van der Waals surface area contributed by atoms with Crippen LogP contribution in [0.2, 0.25) is 0 Å². The zero-order valence-electron chi connectivity index (χ0n) is 16.6. The number of nitrogens with zero attached hydrogens (tertiary/aromatic N) is 6. The number of rotatable bonds is 5. The molecule has 0 unspecified atom stereocenters. The van der Waals surface area contributed by atoms with Crippen molar-refractivity contribution >= 4 is 15.8 Å².